The molecule has 0 aliphatic heterocycles. The Morgan fingerprint density at radius 2 is 1.81 bits per heavy atom. The maximum atomic E-state index is 12.1. The minimum atomic E-state index is -1.12. The van der Waals surface area contributed by atoms with E-state index in [9.17, 15) is 9.59 Å². The topological polar surface area (TPSA) is 57.6 Å². The summed E-state index contributed by atoms with van der Waals surface area (Å²) in [5, 5.41) is 9.15. The number of hydrogen-bond acceptors (Lipinski definition) is 2. The zero-order valence-electron chi connectivity index (χ0n) is 10.5. The van der Waals surface area contributed by atoms with Gasteiger partial charge in [-0.25, -0.2) is 0 Å². The first kappa shape index (κ1) is 13.0. The van der Waals surface area contributed by atoms with Gasteiger partial charge in [0.05, 0.1) is 0 Å². The number of carboxylic acid groups (broad SMARTS) is 1. The summed E-state index contributed by atoms with van der Waals surface area (Å²) in [6.07, 6.45) is 1.80. The largest absolute Gasteiger partial charge is 0.480 e. The monoisotopic (exact) mass is 227 g/mol. The van der Waals surface area contributed by atoms with Crippen LogP contribution >= 0.6 is 0 Å². The van der Waals surface area contributed by atoms with Crippen molar-refractivity contribution in [1.29, 1.82) is 0 Å². The molecule has 1 saturated carbocycles. The summed E-state index contributed by atoms with van der Waals surface area (Å²) in [5.74, 6) is -1.20. The lowest BCUT2D eigenvalue weighted by atomic mass is 9.67. The fraction of sp³-hybridized carbons (Fsp3) is 0.833. The van der Waals surface area contributed by atoms with Gasteiger partial charge < -0.3 is 10.0 Å². The molecule has 1 fully saturated rings. The summed E-state index contributed by atoms with van der Waals surface area (Å²) < 4.78 is 0. The Balaban J connectivity index is 2.73. The molecule has 16 heavy (non-hydrogen) atoms. The van der Waals surface area contributed by atoms with E-state index in [1.165, 1.54) is 0 Å². The molecule has 1 amide bonds. The number of aliphatic carboxylic acids is 1. The molecule has 0 atom stereocenters. The molecule has 1 aliphatic carbocycles. The van der Waals surface area contributed by atoms with Crippen molar-refractivity contribution in [3.63, 3.8) is 0 Å². The molecule has 92 valence electrons. The maximum absolute atomic E-state index is 12.1. The van der Waals surface area contributed by atoms with Crippen LogP contribution < -0.4 is 0 Å². The zero-order chi connectivity index (χ0) is 12.6. The van der Waals surface area contributed by atoms with Crippen LogP contribution in [0.2, 0.25) is 0 Å². The second-order valence-electron chi connectivity index (χ2n) is 5.96. The highest BCUT2D eigenvalue weighted by molar-refractivity contribution is 6.02. The molecule has 0 spiro atoms. The van der Waals surface area contributed by atoms with E-state index < -0.39 is 11.4 Å². The molecule has 0 aromatic rings. The van der Waals surface area contributed by atoms with Crippen LogP contribution in [-0.2, 0) is 9.59 Å². The van der Waals surface area contributed by atoms with Crippen molar-refractivity contribution in [2.45, 2.75) is 40.0 Å². The molecule has 0 aromatic heterocycles. The van der Waals surface area contributed by atoms with Crippen LogP contribution in [0, 0.1) is 10.8 Å². The summed E-state index contributed by atoms with van der Waals surface area (Å²) in [7, 11) is 1.69. The summed E-state index contributed by atoms with van der Waals surface area (Å²) in [5.41, 5.74) is -1.13. The molecule has 0 unspecified atom stereocenters. The van der Waals surface area contributed by atoms with Crippen molar-refractivity contribution in [1.82, 2.24) is 4.90 Å². The highest BCUT2D eigenvalue weighted by atomic mass is 16.4. The van der Waals surface area contributed by atoms with E-state index in [0.29, 0.717) is 19.4 Å². The van der Waals surface area contributed by atoms with Crippen molar-refractivity contribution in [2.75, 3.05) is 13.6 Å². The standard InChI is InChI=1S/C12H21NO3/c1-11(2,3)8-13(4)9(14)12(10(15)16)6-5-7-12/h5-8H2,1-4H3,(H,15,16). The van der Waals surface area contributed by atoms with E-state index in [4.69, 9.17) is 5.11 Å². The van der Waals surface area contributed by atoms with Gasteiger partial charge in [0.25, 0.3) is 0 Å². The maximum Gasteiger partial charge on any atom is 0.319 e. The van der Waals surface area contributed by atoms with Crippen LogP contribution in [0.1, 0.15) is 40.0 Å². The fourth-order valence-corrected chi connectivity index (χ4v) is 2.20. The van der Waals surface area contributed by atoms with Gasteiger partial charge in [0.2, 0.25) is 5.91 Å². The molecular weight excluding hydrogens is 206 g/mol. The second kappa shape index (κ2) is 4.07. The Bertz CT molecular complexity index is 300. The Hall–Kier alpha value is -1.06. The van der Waals surface area contributed by atoms with Gasteiger partial charge in [-0.2, -0.15) is 0 Å². The molecule has 0 saturated heterocycles. The number of hydrogen-bond donors (Lipinski definition) is 1. The van der Waals surface area contributed by atoms with Crippen molar-refractivity contribution in [3.05, 3.63) is 0 Å². The number of nitrogens with zero attached hydrogens (tertiary/aromatic N) is 1. The number of carboxylic acids is 1. The molecule has 4 nitrogen and oxygen atoms in total. The smallest absolute Gasteiger partial charge is 0.319 e. The lowest BCUT2D eigenvalue weighted by Gasteiger charge is -2.40. The molecule has 4 heteroatoms. The predicted octanol–water partition coefficient (Wildman–Crippen LogP) is 1.75. The van der Waals surface area contributed by atoms with E-state index >= 15 is 0 Å². The van der Waals surface area contributed by atoms with Gasteiger partial charge in [-0.1, -0.05) is 27.2 Å². The first-order valence-electron chi connectivity index (χ1n) is 5.68. The van der Waals surface area contributed by atoms with Crippen LogP contribution in [0.15, 0.2) is 0 Å². The van der Waals surface area contributed by atoms with Gasteiger partial charge in [-0.3, -0.25) is 9.59 Å². The lowest BCUT2D eigenvalue weighted by molar-refractivity contribution is -0.167. The normalized spacial score (nSPS) is 18.8. The van der Waals surface area contributed by atoms with Crippen molar-refractivity contribution in [2.24, 2.45) is 10.8 Å². The summed E-state index contributed by atoms with van der Waals surface area (Å²) in [6, 6.07) is 0. The lowest BCUT2D eigenvalue weighted by Crippen LogP contribution is -2.52. The van der Waals surface area contributed by atoms with Gasteiger partial charge >= 0.3 is 5.97 Å². The highest BCUT2D eigenvalue weighted by Gasteiger charge is 2.52. The molecule has 1 N–H and O–H groups in total. The Morgan fingerprint density at radius 3 is 2.06 bits per heavy atom. The average Bonchev–Trinajstić information content (AvgIpc) is 1.97. The summed E-state index contributed by atoms with van der Waals surface area (Å²) >= 11 is 0. The Labute approximate surface area is 96.6 Å². The first-order valence-corrected chi connectivity index (χ1v) is 5.68. The van der Waals surface area contributed by atoms with E-state index in [2.05, 4.69) is 0 Å². The predicted molar refractivity (Wildman–Crippen MR) is 61.0 cm³/mol. The van der Waals surface area contributed by atoms with Gasteiger partial charge in [-0.15, -0.1) is 0 Å². The van der Waals surface area contributed by atoms with Crippen molar-refractivity contribution < 1.29 is 14.7 Å². The van der Waals surface area contributed by atoms with Crippen molar-refractivity contribution >= 4 is 11.9 Å². The van der Waals surface area contributed by atoms with E-state index in [0.717, 1.165) is 6.42 Å². The van der Waals surface area contributed by atoms with Gasteiger partial charge in [0.15, 0.2) is 0 Å². The third-order valence-corrected chi connectivity index (χ3v) is 3.08. The number of carbonyl (C=O) groups excluding carboxylic acids is 1. The van der Waals surface area contributed by atoms with Crippen LogP contribution in [-0.4, -0.2) is 35.5 Å². The molecule has 1 aliphatic rings. The van der Waals surface area contributed by atoms with Gasteiger partial charge in [0.1, 0.15) is 5.41 Å². The van der Waals surface area contributed by atoms with Gasteiger partial charge in [0, 0.05) is 13.6 Å². The molecule has 0 heterocycles. The fourth-order valence-electron chi connectivity index (χ4n) is 2.20. The van der Waals surface area contributed by atoms with Gasteiger partial charge in [-0.05, 0) is 18.3 Å². The summed E-state index contributed by atoms with van der Waals surface area (Å²) in [6.45, 7) is 6.68. The van der Waals surface area contributed by atoms with E-state index in [1.54, 1.807) is 11.9 Å². The SMILES string of the molecule is CN(CC(C)(C)C)C(=O)C1(C(=O)O)CCC1. The summed E-state index contributed by atoms with van der Waals surface area (Å²) in [4.78, 5) is 24.8. The zero-order valence-corrected chi connectivity index (χ0v) is 10.5. The Kier molecular flexibility index (Phi) is 3.31. The van der Waals surface area contributed by atoms with Crippen LogP contribution in [0.4, 0.5) is 0 Å². The van der Waals surface area contributed by atoms with E-state index in [1.807, 2.05) is 20.8 Å². The number of amides is 1. The molecule has 1 rings (SSSR count). The molecular formula is C12H21NO3. The number of carbonyl (C=O) groups is 2. The number of rotatable bonds is 3. The van der Waals surface area contributed by atoms with Crippen molar-refractivity contribution in [3.8, 4) is 0 Å². The highest BCUT2D eigenvalue weighted by Crippen LogP contribution is 2.42. The first-order chi connectivity index (χ1) is 7.19. The van der Waals surface area contributed by atoms with E-state index in [-0.39, 0.29) is 11.3 Å². The minimum absolute atomic E-state index is 0.00610. The van der Waals surface area contributed by atoms with Crippen LogP contribution in [0.5, 0.6) is 0 Å². The minimum Gasteiger partial charge on any atom is -0.480 e. The molecule has 0 radical (unpaired) electrons. The van der Waals surface area contributed by atoms with Crippen LogP contribution in [0.25, 0.3) is 0 Å². The second-order valence-corrected chi connectivity index (χ2v) is 5.96. The third kappa shape index (κ3) is 2.36. The molecule has 0 bridgehead atoms. The van der Waals surface area contributed by atoms with Crippen LogP contribution in [0.3, 0.4) is 0 Å². The third-order valence-electron chi connectivity index (χ3n) is 3.08. The average molecular weight is 227 g/mol. The molecule has 0 aromatic carbocycles. The quantitative estimate of drug-likeness (QED) is 0.747. The Morgan fingerprint density at radius 1 is 1.31 bits per heavy atom.